The SMILES string of the molecule is Cn1c(=O)c(C(=O)NCC(=O)OC(C)(C)C)c(O)c2cc(C(C)(C)C)cnc21. The number of aryl methyl sites for hydroxylation is 1. The minimum atomic E-state index is -0.855. The Morgan fingerprint density at radius 1 is 1.21 bits per heavy atom. The van der Waals surface area contributed by atoms with Crippen molar-refractivity contribution in [2.24, 2.45) is 7.05 Å². The van der Waals surface area contributed by atoms with Crippen LogP contribution in [0.2, 0.25) is 0 Å². The van der Waals surface area contributed by atoms with Crippen molar-refractivity contribution in [3.63, 3.8) is 0 Å². The lowest BCUT2D eigenvalue weighted by molar-refractivity contribution is -0.153. The van der Waals surface area contributed by atoms with Gasteiger partial charge < -0.3 is 15.2 Å². The second-order valence-electron chi connectivity index (χ2n) is 8.70. The topological polar surface area (TPSA) is 111 Å². The molecule has 2 aromatic rings. The van der Waals surface area contributed by atoms with Crippen molar-refractivity contribution in [1.82, 2.24) is 14.9 Å². The standard InChI is InChI=1S/C20H27N3O5/c1-19(2,3)11-8-12-15(25)14(18(27)23(7)16(12)21-9-11)17(26)22-10-13(24)28-20(4,5)6/h8-9,25H,10H2,1-7H3,(H,22,26). The van der Waals surface area contributed by atoms with Crippen molar-refractivity contribution in [3.05, 3.63) is 33.7 Å². The molecule has 0 bridgehead atoms. The highest BCUT2D eigenvalue weighted by atomic mass is 16.6. The smallest absolute Gasteiger partial charge is 0.325 e. The van der Waals surface area contributed by atoms with Crippen molar-refractivity contribution in [2.45, 2.75) is 52.6 Å². The number of carbonyl (C=O) groups excluding carboxylic acids is 2. The van der Waals surface area contributed by atoms with Crippen LogP contribution >= 0.6 is 0 Å². The Balaban J connectivity index is 2.45. The van der Waals surface area contributed by atoms with E-state index >= 15 is 0 Å². The lowest BCUT2D eigenvalue weighted by atomic mass is 9.87. The fraction of sp³-hybridized carbons (Fsp3) is 0.500. The first kappa shape index (κ1) is 21.4. The van der Waals surface area contributed by atoms with Gasteiger partial charge in [-0.25, -0.2) is 4.98 Å². The van der Waals surface area contributed by atoms with Gasteiger partial charge in [-0.15, -0.1) is 0 Å². The van der Waals surface area contributed by atoms with Gasteiger partial charge >= 0.3 is 5.97 Å². The van der Waals surface area contributed by atoms with Gasteiger partial charge in [0.05, 0.1) is 5.39 Å². The van der Waals surface area contributed by atoms with Crippen molar-refractivity contribution in [3.8, 4) is 5.75 Å². The van der Waals surface area contributed by atoms with Gasteiger partial charge in [0.1, 0.15) is 29.1 Å². The first-order valence-electron chi connectivity index (χ1n) is 8.94. The maximum absolute atomic E-state index is 12.6. The van der Waals surface area contributed by atoms with Crippen LogP contribution in [-0.2, 0) is 22.0 Å². The molecule has 2 aromatic heterocycles. The van der Waals surface area contributed by atoms with Gasteiger partial charge in [0.25, 0.3) is 11.5 Å². The Bertz CT molecular complexity index is 994. The average molecular weight is 389 g/mol. The van der Waals surface area contributed by atoms with E-state index in [1.807, 2.05) is 20.8 Å². The highest BCUT2D eigenvalue weighted by Crippen LogP contribution is 2.30. The predicted molar refractivity (Wildman–Crippen MR) is 106 cm³/mol. The van der Waals surface area contributed by atoms with Crippen LogP contribution in [0.4, 0.5) is 0 Å². The quantitative estimate of drug-likeness (QED) is 0.777. The molecule has 0 aliphatic rings. The number of nitrogens with one attached hydrogen (secondary N) is 1. The fourth-order valence-electron chi connectivity index (χ4n) is 2.63. The zero-order chi connectivity index (χ0) is 21.4. The van der Waals surface area contributed by atoms with Crippen LogP contribution in [0.3, 0.4) is 0 Å². The summed E-state index contributed by atoms with van der Waals surface area (Å²) in [5.41, 5.74) is -0.970. The number of hydrogen-bond acceptors (Lipinski definition) is 6. The van der Waals surface area contributed by atoms with Gasteiger partial charge in [0.2, 0.25) is 0 Å². The summed E-state index contributed by atoms with van der Waals surface area (Å²) in [7, 11) is 1.47. The molecule has 0 radical (unpaired) electrons. The molecule has 0 spiro atoms. The molecule has 0 atom stereocenters. The number of ether oxygens (including phenoxy) is 1. The lowest BCUT2D eigenvalue weighted by Crippen LogP contribution is -2.37. The van der Waals surface area contributed by atoms with E-state index in [2.05, 4.69) is 10.3 Å². The molecule has 0 saturated heterocycles. The number of amides is 1. The number of aromatic hydroxyl groups is 1. The number of esters is 1. The molecule has 0 fully saturated rings. The molecule has 0 saturated carbocycles. The van der Waals surface area contributed by atoms with Crippen LogP contribution in [0.1, 0.15) is 57.5 Å². The number of fused-ring (bicyclic) bond motifs is 1. The highest BCUT2D eigenvalue weighted by molar-refractivity contribution is 6.02. The highest BCUT2D eigenvalue weighted by Gasteiger charge is 2.25. The summed E-state index contributed by atoms with van der Waals surface area (Å²) in [5.74, 6) is -1.96. The molecule has 8 nitrogen and oxygen atoms in total. The Morgan fingerprint density at radius 3 is 2.36 bits per heavy atom. The van der Waals surface area contributed by atoms with Crippen molar-refractivity contribution < 1.29 is 19.4 Å². The summed E-state index contributed by atoms with van der Waals surface area (Å²) in [4.78, 5) is 41.2. The van der Waals surface area contributed by atoms with E-state index in [0.29, 0.717) is 0 Å². The number of nitrogens with zero attached hydrogens (tertiary/aromatic N) is 2. The maximum atomic E-state index is 12.6. The van der Waals surface area contributed by atoms with Crippen molar-refractivity contribution in [2.75, 3.05) is 6.54 Å². The van der Waals surface area contributed by atoms with Gasteiger partial charge in [-0.1, -0.05) is 20.8 Å². The molecule has 1 amide bonds. The molecule has 0 aliphatic heterocycles. The third kappa shape index (κ3) is 4.49. The van der Waals surface area contributed by atoms with Crippen LogP contribution in [0, 0.1) is 0 Å². The van der Waals surface area contributed by atoms with E-state index in [1.54, 1.807) is 33.0 Å². The molecule has 8 heteroatoms. The van der Waals surface area contributed by atoms with Crippen LogP contribution in [0.15, 0.2) is 17.1 Å². The second-order valence-corrected chi connectivity index (χ2v) is 8.70. The summed E-state index contributed by atoms with van der Waals surface area (Å²) >= 11 is 0. The van der Waals surface area contributed by atoms with E-state index in [1.165, 1.54) is 11.6 Å². The molecule has 28 heavy (non-hydrogen) atoms. The van der Waals surface area contributed by atoms with Gasteiger partial charge in [-0.05, 0) is 37.8 Å². The molecular formula is C20H27N3O5. The summed E-state index contributed by atoms with van der Waals surface area (Å²) < 4.78 is 6.32. The van der Waals surface area contributed by atoms with Crippen LogP contribution in [0.25, 0.3) is 11.0 Å². The summed E-state index contributed by atoms with van der Waals surface area (Å²) in [5, 5.41) is 13.3. The lowest BCUT2D eigenvalue weighted by Gasteiger charge is -2.20. The zero-order valence-corrected chi connectivity index (χ0v) is 17.3. The number of hydrogen-bond donors (Lipinski definition) is 2. The minimum Gasteiger partial charge on any atom is -0.506 e. The Kier molecular flexibility index (Phi) is 5.55. The number of aromatic nitrogens is 2. The van der Waals surface area contributed by atoms with Gasteiger partial charge in [-0.2, -0.15) is 0 Å². The van der Waals surface area contributed by atoms with Crippen LogP contribution in [0.5, 0.6) is 5.75 Å². The predicted octanol–water partition coefficient (Wildman–Crippen LogP) is 2.01. The first-order valence-corrected chi connectivity index (χ1v) is 8.94. The Morgan fingerprint density at radius 2 is 1.82 bits per heavy atom. The largest absolute Gasteiger partial charge is 0.506 e. The van der Waals surface area contributed by atoms with Gasteiger partial charge in [-0.3, -0.25) is 19.0 Å². The first-order chi connectivity index (χ1) is 12.7. The Hall–Kier alpha value is -2.90. The second kappa shape index (κ2) is 7.26. The molecule has 0 unspecified atom stereocenters. The molecule has 152 valence electrons. The van der Waals surface area contributed by atoms with E-state index < -0.39 is 40.9 Å². The Labute approximate surface area is 163 Å². The monoisotopic (exact) mass is 389 g/mol. The number of pyridine rings is 2. The van der Waals surface area contributed by atoms with Crippen molar-refractivity contribution >= 4 is 22.9 Å². The number of rotatable bonds is 3. The van der Waals surface area contributed by atoms with Crippen LogP contribution < -0.4 is 10.9 Å². The molecule has 2 N–H and O–H groups in total. The van der Waals surface area contributed by atoms with E-state index in [0.717, 1.165) is 5.56 Å². The van der Waals surface area contributed by atoms with Gasteiger partial charge in [0, 0.05) is 13.2 Å². The normalized spacial score (nSPS) is 12.1. The summed E-state index contributed by atoms with van der Waals surface area (Å²) in [6, 6.07) is 1.71. The fourth-order valence-corrected chi connectivity index (χ4v) is 2.63. The molecular weight excluding hydrogens is 362 g/mol. The van der Waals surface area contributed by atoms with Crippen LogP contribution in [-0.4, -0.2) is 38.7 Å². The third-order valence-electron chi connectivity index (χ3n) is 4.10. The zero-order valence-electron chi connectivity index (χ0n) is 17.3. The van der Waals surface area contributed by atoms with E-state index in [-0.39, 0.29) is 16.4 Å². The van der Waals surface area contributed by atoms with E-state index in [9.17, 15) is 19.5 Å². The third-order valence-corrected chi connectivity index (χ3v) is 4.10. The molecule has 2 heterocycles. The van der Waals surface area contributed by atoms with Crippen molar-refractivity contribution in [1.29, 1.82) is 0 Å². The molecule has 0 aliphatic carbocycles. The maximum Gasteiger partial charge on any atom is 0.325 e. The minimum absolute atomic E-state index is 0.235. The number of carbonyl (C=O) groups is 2. The van der Waals surface area contributed by atoms with E-state index in [4.69, 9.17) is 4.74 Å². The molecule has 2 rings (SSSR count). The molecule has 0 aromatic carbocycles. The average Bonchev–Trinajstić information content (AvgIpc) is 2.55. The summed E-state index contributed by atoms with van der Waals surface area (Å²) in [6.45, 7) is 10.7. The van der Waals surface area contributed by atoms with Gasteiger partial charge in [0.15, 0.2) is 0 Å². The summed E-state index contributed by atoms with van der Waals surface area (Å²) in [6.07, 6.45) is 1.64.